The molecule has 1 N–H and O–H groups in total. The molecule has 144 valence electrons. The van der Waals surface area contributed by atoms with Crippen molar-refractivity contribution >= 4 is 17.5 Å². The zero-order valence-electron chi connectivity index (χ0n) is 16.0. The zero-order valence-corrected chi connectivity index (χ0v) is 16.8. The summed E-state index contributed by atoms with van der Waals surface area (Å²) in [6, 6.07) is 13.9. The molecule has 1 amide bonds. The van der Waals surface area contributed by atoms with Crippen LogP contribution in [0.1, 0.15) is 41.3 Å². The van der Waals surface area contributed by atoms with Gasteiger partial charge in [0.25, 0.3) is 5.91 Å². The molecule has 0 spiro atoms. The quantitative estimate of drug-likeness (QED) is 0.797. The average molecular weight is 387 g/mol. The van der Waals surface area contributed by atoms with E-state index < -0.39 is 0 Å². The summed E-state index contributed by atoms with van der Waals surface area (Å²) in [6.45, 7) is 7.39. The number of benzene rings is 2. The average Bonchev–Trinajstić information content (AvgIpc) is 2.67. The zero-order chi connectivity index (χ0) is 19.2. The second-order valence-electron chi connectivity index (χ2n) is 7.09. The van der Waals surface area contributed by atoms with Crippen molar-refractivity contribution in [2.45, 2.75) is 39.3 Å². The van der Waals surface area contributed by atoms with Crippen molar-refractivity contribution in [3.05, 3.63) is 64.2 Å². The Kier molecular flexibility index (Phi) is 6.75. The van der Waals surface area contributed by atoms with Gasteiger partial charge in [0.05, 0.1) is 11.6 Å². The fourth-order valence-electron chi connectivity index (χ4n) is 3.38. The van der Waals surface area contributed by atoms with Crippen LogP contribution in [0.25, 0.3) is 0 Å². The number of amides is 1. The third-order valence-electron chi connectivity index (χ3n) is 4.94. The largest absolute Gasteiger partial charge is 0.492 e. The summed E-state index contributed by atoms with van der Waals surface area (Å²) < 4.78 is 5.58. The molecule has 0 bridgehead atoms. The molecule has 0 aliphatic carbocycles. The summed E-state index contributed by atoms with van der Waals surface area (Å²) in [7, 11) is 0. The van der Waals surface area contributed by atoms with Crippen molar-refractivity contribution in [1.82, 2.24) is 10.2 Å². The summed E-state index contributed by atoms with van der Waals surface area (Å²) in [5, 5.41) is 3.82. The van der Waals surface area contributed by atoms with Crippen LogP contribution in [0, 0.1) is 6.92 Å². The number of nitrogens with one attached hydrogen (secondary N) is 1. The standard InChI is InChI=1S/C22H27ClN2O2/c1-3-27-21-14-17(6-9-20(21)23)15-25-12-10-19(11-13-25)24-22(26)18-7-4-16(2)5-8-18/h4-9,14,19H,3,10-13,15H2,1-2H3,(H,24,26). The number of likely N-dealkylation sites (tertiary alicyclic amines) is 1. The van der Waals surface area contributed by atoms with Gasteiger partial charge in [0.1, 0.15) is 5.75 Å². The van der Waals surface area contributed by atoms with Crippen molar-refractivity contribution in [2.75, 3.05) is 19.7 Å². The van der Waals surface area contributed by atoms with E-state index in [1.807, 2.05) is 50.2 Å². The van der Waals surface area contributed by atoms with Crippen molar-refractivity contribution in [3.63, 3.8) is 0 Å². The topological polar surface area (TPSA) is 41.6 Å². The first kappa shape index (κ1) is 19.7. The molecule has 1 aliphatic heterocycles. The maximum atomic E-state index is 12.4. The highest BCUT2D eigenvalue weighted by atomic mass is 35.5. The highest BCUT2D eigenvalue weighted by Crippen LogP contribution is 2.26. The maximum Gasteiger partial charge on any atom is 0.251 e. The van der Waals surface area contributed by atoms with Crippen LogP contribution in [0.4, 0.5) is 0 Å². The van der Waals surface area contributed by atoms with Gasteiger partial charge in [-0.05, 0) is 56.5 Å². The highest BCUT2D eigenvalue weighted by Gasteiger charge is 2.21. The Hall–Kier alpha value is -2.04. The molecule has 1 aliphatic rings. The van der Waals surface area contributed by atoms with Gasteiger partial charge in [0.15, 0.2) is 0 Å². The van der Waals surface area contributed by atoms with E-state index in [1.165, 1.54) is 5.56 Å². The highest BCUT2D eigenvalue weighted by molar-refractivity contribution is 6.32. The fourth-order valence-corrected chi connectivity index (χ4v) is 3.55. The lowest BCUT2D eigenvalue weighted by Gasteiger charge is -2.32. The van der Waals surface area contributed by atoms with Gasteiger partial charge < -0.3 is 10.1 Å². The van der Waals surface area contributed by atoms with Crippen LogP contribution in [0.5, 0.6) is 5.75 Å². The monoisotopic (exact) mass is 386 g/mol. The minimum absolute atomic E-state index is 0.0208. The van der Waals surface area contributed by atoms with E-state index in [0.29, 0.717) is 11.6 Å². The first-order valence-electron chi connectivity index (χ1n) is 9.56. The number of carbonyl (C=O) groups is 1. The molecular weight excluding hydrogens is 360 g/mol. The molecule has 4 nitrogen and oxygen atoms in total. The minimum Gasteiger partial charge on any atom is -0.492 e. The van der Waals surface area contributed by atoms with Crippen LogP contribution < -0.4 is 10.1 Å². The van der Waals surface area contributed by atoms with Gasteiger partial charge in [-0.15, -0.1) is 0 Å². The van der Waals surface area contributed by atoms with E-state index in [9.17, 15) is 4.79 Å². The van der Waals surface area contributed by atoms with Crippen LogP contribution in [0.3, 0.4) is 0 Å². The summed E-state index contributed by atoms with van der Waals surface area (Å²) >= 11 is 6.17. The molecule has 1 fully saturated rings. The van der Waals surface area contributed by atoms with Gasteiger partial charge in [0, 0.05) is 31.2 Å². The van der Waals surface area contributed by atoms with E-state index in [2.05, 4.69) is 16.3 Å². The molecule has 1 heterocycles. The van der Waals surface area contributed by atoms with Crippen LogP contribution in [-0.2, 0) is 6.54 Å². The maximum absolute atomic E-state index is 12.4. The number of piperidine rings is 1. The molecule has 2 aromatic carbocycles. The molecule has 0 aromatic heterocycles. The Morgan fingerprint density at radius 3 is 2.56 bits per heavy atom. The fraction of sp³-hybridized carbons (Fsp3) is 0.409. The van der Waals surface area contributed by atoms with Crippen LogP contribution in [-0.4, -0.2) is 36.5 Å². The van der Waals surface area contributed by atoms with Crippen LogP contribution >= 0.6 is 11.6 Å². The van der Waals surface area contributed by atoms with E-state index in [1.54, 1.807) is 0 Å². The molecule has 0 atom stereocenters. The van der Waals surface area contributed by atoms with Gasteiger partial charge >= 0.3 is 0 Å². The number of carbonyl (C=O) groups excluding carboxylic acids is 1. The number of hydrogen-bond donors (Lipinski definition) is 1. The number of ether oxygens (including phenoxy) is 1. The first-order chi connectivity index (χ1) is 13.0. The van der Waals surface area contributed by atoms with E-state index in [-0.39, 0.29) is 11.9 Å². The normalized spacial score (nSPS) is 15.5. The second kappa shape index (κ2) is 9.25. The lowest BCUT2D eigenvalue weighted by molar-refractivity contribution is 0.0909. The van der Waals surface area contributed by atoms with Gasteiger partial charge in [-0.3, -0.25) is 9.69 Å². The first-order valence-corrected chi connectivity index (χ1v) is 9.94. The molecule has 3 rings (SSSR count). The number of hydrogen-bond acceptors (Lipinski definition) is 3. The molecule has 0 radical (unpaired) electrons. The SMILES string of the molecule is CCOc1cc(CN2CCC(NC(=O)c3ccc(C)cc3)CC2)ccc1Cl. The minimum atomic E-state index is 0.0208. The lowest BCUT2D eigenvalue weighted by Crippen LogP contribution is -2.44. The second-order valence-corrected chi connectivity index (χ2v) is 7.49. The summed E-state index contributed by atoms with van der Waals surface area (Å²) in [4.78, 5) is 14.8. The molecule has 27 heavy (non-hydrogen) atoms. The Balaban J connectivity index is 1.49. The Morgan fingerprint density at radius 1 is 1.19 bits per heavy atom. The summed E-state index contributed by atoms with van der Waals surface area (Å²) in [5.41, 5.74) is 3.09. The van der Waals surface area contributed by atoms with Crippen molar-refractivity contribution in [1.29, 1.82) is 0 Å². The van der Waals surface area contributed by atoms with Crippen molar-refractivity contribution < 1.29 is 9.53 Å². The van der Waals surface area contributed by atoms with Gasteiger partial charge in [-0.1, -0.05) is 35.4 Å². The third kappa shape index (κ3) is 5.47. The van der Waals surface area contributed by atoms with Crippen molar-refractivity contribution in [3.8, 4) is 5.75 Å². The number of halogens is 1. The molecule has 2 aromatic rings. The van der Waals surface area contributed by atoms with Crippen LogP contribution in [0.2, 0.25) is 5.02 Å². The molecule has 1 saturated heterocycles. The Labute approximate surface area is 166 Å². The van der Waals surface area contributed by atoms with E-state index >= 15 is 0 Å². The van der Waals surface area contributed by atoms with Crippen LogP contribution in [0.15, 0.2) is 42.5 Å². The lowest BCUT2D eigenvalue weighted by atomic mass is 10.0. The Bertz CT molecular complexity index is 768. The predicted molar refractivity (Wildman–Crippen MR) is 110 cm³/mol. The molecule has 0 unspecified atom stereocenters. The smallest absolute Gasteiger partial charge is 0.251 e. The van der Waals surface area contributed by atoms with Gasteiger partial charge in [0.2, 0.25) is 0 Å². The number of rotatable bonds is 6. The van der Waals surface area contributed by atoms with E-state index in [0.717, 1.165) is 49.4 Å². The molecular formula is C22H27ClN2O2. The molecule has 0 saturated carbocycles. The predicted octanol–water partition coefficient (Wildman–Crippen LogP) is 4.44. The molecule has 5 heteroatoms. The summed E-state index contributed by atoms with van der Waals surface area (Å²) in [6.07, 6.45) is 1.92. The van der Waals surface area contributed by atoms with E-state index in [4.69, 9.17) is 16.3 Å². The number of nitrogens with zero attached hydrogens (tertiary/aromatic N) is 1. The summed E-state index contributed by atoms with van der Waals surface area (Å²) in [5.74, 6) is 0.768. The Morgan fingerprint density at radius 2 is 1.89 bits per heavy atom. The van der Waals surface area contributed by atoms with Gasteiger partial charge in [-0.25, -0.2) is 0 Å². The third-order valence-corrected chi connectivity index (χ3v) is 5.25. The van der Waals surface area contributed by atoms with Crippen molar-refractivity contribution in [2.24, 2.45) is 0 Å². The number of aryl methyl sites for hydroxylation is 1. The van der Waals surface area contributed by atoms with Gasteiger partial charge in [-0.2, -0.15) is 0 Å².